The predicted octanol–water partition coefficient (Wildman–Crippen LogP) is 1.75. The van der Waals surface area contributed by atoms with Crippen molar-refractivity contribution in [3.8, 4) is 0 Å². The molecule has 0 N–H and O–H groups in total. The van der Waals surface area contributed by atoms with Gasteiger partial charge in [0.05, 0.1) is 11.2 Å². The summed E-state index contributed by atoms with van der Waals surface area (Å²) in [6.45, 7) is 1.52. The summed E-state index contributed by atoms with van der Waals surface area (Å²) in [6, 6.07) is 0. The molecule has 0 atom stereocenters. The minimum atomic E-state index is 0.0491. The Balaban J connectivity index is 2.64. The normalized spacial score (nSPS) is 10.5. The molecule has 1 aromatic heterocycles. The van der Waals surface area contributed by atoms with Gasteiger partial charge in [0, 0.05) is 5.38 Å². The Morgan fingerprint density at radius 1 is 1.80 bits per heavy atom. The van der Waals surface area contributed by atoms with E-state index in [1.807, 2.05) is 5.38 Å². The van der Waals surface area contributed by atoms with Crippen LogP contribution in [0.1, 0.15) is 12.6 Å². The van der Waals surface area contributed by atoms with Crippen LogP contribution in [0.15, 0.2) is 17.0 Å². The molecule has 0 saturated carbocycles. The van der Waals surface area contributed by atoms with E-state index in [1.54, 1.807) is 11.6 Å². The Bertz CT molecular complexity index is 238. The van der Waals surface area contributed by atoms with E-state index in [1.165, 1.54) is 24.3 Å². The number of thiazole rings is 1. The van der Waals surface area contributed by atoms with E-state index in [2.05, 4.69) is 4.98 Å². The highest BCUT2D eigenvalue weighted by Crippen LogP contribution is 2.02. The molecule has 3 heteroatoms. The number of allylic oxidation sites excluding steroid dienone is 1. The molecule has 1 aromatic rings. The van der Waals surface area contributed by atoms with Crippen molar-refractivity contribution >= 4 is 23.2 Å². The van der Waals surface area contributed by atoms with Gasteiger partial charge in [-0.15, -0.1) is 11.3 Å². The SMILES string of the molecule is CC(=O)C=Cc1cscn1. The Morgan fingerprint density at radius 3 is 3.10 bits per heavy atom. The Hall–Kier alpha value is -0.960. The molecule has 52 valence electrons. The van der Waals surface area contributed by atoms with Crippen molar-refractivity contribution in [1.29, 1.82) is 0 Å². The van der Waals surface area contributed by atoms with E-state index >= 15 is 0 Å². The molecule has 1 rings (SSSR count). The lowest BCUT2D eigenvalue weighted by molar-refractivity contribution is -0.112. The molecule has 0 aliphatic rings. The van der Waals surface area contributed by atoms with Crippen LogP contribution in [0.4, 0.5) is 0 Å². The number of aromatic nitrogens is 1. The minimum Gasteiger partial charge on any atom is -0.295 e. The van der Waals surface area contributed by atoms with Crippen molar-refractivity contribution < 1.29 is 4.79 Å². The third kappa shape index (κ3) is 2.11. The number of nitrogens with zero attached hydrogens (tertiary/aromatic N) is 1. The van der Waals surface area contributed by atoms with Gasteiger partial charge in [0.25, 0.3) is 0 Å². The lowest BCUT2D eigenvalue weighted by Crippen LogP contribution is -1.79. The molecular weight excluding hydrogens is 146 g/mol. The van der Waals surface area contributed by atoms with Crippen LogP contribution in [0, 0.1) is 0 Å². The first kappa shape index (κ1) is 7.15. The molecule has 0 radical (unpaired) electrons. The van der Waals surface area contributed by atoms with E-state index in [-0.39, 0.29) is 5.78 Å². The molecule has 10 heavy (non-hydrogen) atoms. The van der Waals surface area contributed by atoms with E-state index in [4.69, 9.17) is 0 Å². The number of carbonyl (C=O) groups excluding carboxylic acids is 1. The van der Waals surface area contributed by atoms with Crippen molar-refractivity contribution in [3.05, 3.63) is 22.7 Å². The molecule has 0 fully saturated rings. The molecule has 0 spiro atoms. The molecule has 2 nitrogen and oxygen atoms in total. The van der Waals surface area contributed by atoms with Crippen molar-refractivity contribution in [2.45, 2.75) is 6.92 Å². The molecule has 0 aliphatic heterocycles. The van der Waals surface area contributed by atoms with Gasteiger partial charge in [0.15, 0.2) is 5.78 Å². The zero-order valence-electron chi connectivity index (χ0n) is 5.57. The van der Waals surface area contributed by atoms with Crippen LogP contribution in [0.25, 0.3) is 6.08 Å². The maximum atomic E-state index is 10.4. The van der Waals surface area contributed by atoms with Gasteiger partial charge in [-0.2, -0.15) is 0 Å². The van der Waals surface area contributed by atoms with Crippen LogP contribution >= 0.6 is 11.3 Å². The summed E-state index contributed by atoms with van der Waals surface area (Å²) in [5.74, 6) is 0.0491. The molecule has 0 aromatic carbocycles. The monoisotopic (exact) mass is 153 g/mol. The lowest BCUT2D eigenvalue weighted by Gasteiger charge is -1.78. The molecule has 0 bridgehead atoms. The number of hydrogen-bond donors (Lipinski definition) is 0. The minimum absolute atomic E-state index is 0.0491. The molecular formula is C7H7NOS. The Kier molecular flexibility index (Phi) is 2.34. The van der Waals surface area contributed by atoms with Gasteiger partial charge in [0.1, 0.15) is 0 Å². The second kappa shape index (κ2) is 3.27. The van der Waals surface area contributed by atoms with Crippen LogP contribution in [0.2, 0.25) is 0 Å². The molecule has 0 aliphatic carbocycles. The zero-order valence-corrected chi connectivity index (χ0v) is 6.39. The molecule has 0 unspecified atom stereocenters. The first-order valence-corrected chi connectivity index (χ1v) is 3.80. The second-order valence-electron chi connectivity index (χ2n) is 1.86. The van der Waals surface area contributed by atoms with E-state index in [9.17, 15) is 4.79 Å². The maximum Gasteiger partial charge on any atom is 0.152 e. The number of hydrogen-bond acceptors (Lipinski definition) is 3. The van der Waals surface area contributed by atoms with E-state index in [0.29, 0.717) is 0 Å². The third-order valence-corrected chi connectivity index (χ3v) is 1.54. The highest BCUT2D eigenvalue weighted by Gasteiger charge is 1.86. The van der Waals surface area contributed by atoms with Crippen molar-refractivity contribution in [2.24, 2.45) is 0 Å². The van der Waals surface area contributed by atoms with Gasteiger partial charge < -0.3 is 0 Å². The smallest absolute Gasteiger partial charge is 0.152 e. The summed E-state index contributed by atoms with van der Waals surface area (Å²) in [5.41, 5.74) is 2.58. The summed E-state index contributed by atoms with van der Waals surface area (Å²) in [4.78, 5) is 14.4. The lowest BCUT2D eigenvalue weighted by atomic mass is 10.3. The quantitative estimate of drug-likeness (QED) is 0.606. The first-order valence-electron chi connectivity index (χ1n) is 2.86. The van der Waals surface area contributed by atoms with Crippen molar-refractivity contribution in [2.75, 3.05) is 0 Å². The highest BCUT2D eigenvalue weighted by atomic mass is 32.1. The van der Waals surface area contributed by atoms with Gasteiger partial charge in [-0.25, -0.2) is 4.98 Å². The largest absolute Gasteiger partial charge is 0.295 e. The predicted molar refractivity (Wildman–Crippen MR) is 41.8 cm³/mol. The van der Waals surface area contributed by atoms with Crippen LogP contribution in [0.5, 0.6) is 0 Å². The first-order chi connectivity index (χ1) is 4.79. The second-order valence-corrected chi connectivity index (χ2v) is 2.58. The van der Waals surface area contributed by atoms with Crippen molar-refractivity contribution in [1.82, 2.24) is 4.98 Å². The van der Waals surface area contributed by atoms with Gasteiger partial charge in [0.2, 0.25) is 0 Å². The molecule has 0 saturated heterocycles. The fraction of sp³-hybridized carbons (Fsp3) is 0.143. The topological polar surface area (TPSA) is 30.0 Å². The number of rotatable bonds is 2. The fourth-order valence-electron chi connectivity index (χ4n) is 0.507. The zero-order chi connectivity index (χ0) is 7.40. The maximum absolute atomic E-state index is 10.4. The summed E-state index contributed by atoms with van der Waals surface area (Å²) in [6.07, 6.45) is 3.22. The Labute approximate surface area is 63.2 Å². The average molecular weight is 153 g/mol. The van der Waals surface area contributed by atoms with Crippen LogP contribution in [-0.4, -0.2) is 10.8 Å². The van der Waals surface area contributed by atoms with Gasteiger partial charge in [-0.05, 0) is 19.1 Å². The Morgan fingerprint density at radius 2 is 2.60 bits per heavy atom. The average Bonchev–Trinajstić information content (AvgIpc) is 2.34. The van der Waals surface area contributed by atoms with Gasteiger partial charge in [-0.3, -0.25) is 4.79 Å². The summed E-state index contributed by atoms with van der Waals surface area (Å²) in [5, 5.41) is 1.89. The van der Waals surface area contributed by atoms with E-state index < -0.39 is 0 Å². The van der Waals surface area contributed by atoms with Crippen LogP contribution in [0.3, 0.4) is 0 Å². The van der Waals surface area contributed by atoms with Crippen LogP contribution < -0.4 is 0 Å². The van der Waals surface area contributed by atoms with Crippen LogP contribution in [-0.2, 0) is 4.79 Å². The van der Waals surface area contributed by atoms with E-state index in [0.717, 1.165) is 5.69 Å². The number of ketones is 1. The van der Waals surface area contributed by atoms with Crippen molar-refractivity contribution in [3.63, 3.8) is 0 Å². The summed E-state index contributed by atoms with van der Waals surface area (Å²) < 4.78 is 0. The number of carbonyl (C=O) groups is 1. The highest BCUT2D eigenvalue weighted by molar-refractivity contribution is 7.07. The fourth-order valence-corrected chi connectivity index (χ4v) is 1.03. The molecule has 1 heterocycles. The summed E-state index contributed by atoms with van der Waals surface area (Å²) in [7, 11) is 0. The summed E-state index contributed by atoms with van der Waals surface area (Å²) >= 11 is 1.52. The standard InChI is InChI=1S/C7H7NOS/c1-6(9)2-3-7-4-10-5-8-7/h2-5H,1H3. The van der Waals surface area contributed by atoms with Gasteiger partial charge >= 0.3 is 0 Å². The third-order valence-electron chi connectivity index (χ3n) is 0.940. The molecule has 0 amide bonds. The van der Waals surface area contributed by atoms with Gasteiger partial charge in [-0.1, -0.05) is 0 Å².